The van der Waals surface area contributed by atoms with Crippen LogP contribution in [-0.2, 0) is 13.2 Å². The minimum absolute atomic E-state index is 0.277. The molecule has 0 spiro atoms. The highest BCUT2D eigenvalue weighted by Crippen LogP contribution is 2.27. The van der Waals surface area contributed by atoms with Crippen LogP contribution in [0.3, 0.4) is 0 Å². The molecule has 2 nitrogen and oxygen atoms in total. The number of hydrogen-bond donors (Lipinski definition) is 1. The molecule has 0 unspecified atom stereocenters. The molecule has 3 rings (SSSR count). The zero-order valence-electron chi connectivity index (χ0n) is 14.2. The molecule has 0 saturated carbocycles. The lowest BCUT2D eigenvalue weighted by atomic mass is 10.1. The molecule has 1 N–H and O–H groups in total. The third kappa shape index (κ3) is 4.69. The van der Waals surface area contributed by atoms with Crippen molar-refractivity contribution < 1.29 is 9.13 Å². The molecule has 0 aromatic heterocycles. The Kier molecular flexibility index (Phi) is 6.02. The van der Waals surface area contributed by atoms with Crippen molar-refractivity contribution in [3.05, 3.63) is 93.2 Å². The Morgan fingerprint density at radius 3 is 2.62 bits per heavy atom. The average Bonchev–Trinajstić information content (AvgIpc) is 2.62. The van der Waals surface area contributed by atoms with Gasteiger partial charge >= 0.3 is 0 Å². The molecule has 0 aliphatic heterocycles. The molecule has 5 heteroatoms. The second kappa shape index (κ2) is 8.43. The lowest BCUT2D eigenvalue weighted by molar-refractivity contribution is 0.302. The first kappa shape index (κ1) is 18.6. The van der Waals surface area contributed by atoms with Crippen molar-refractivity contribution in [2.24, 2.45) is 0 Å². The minimum atomic E-state index is -0.277. The number of rotatable bonds is 6. The minimum Gasteiger partial charge on any atom is -0.489 e. The van der Waals surface area contributed by atoms with Crippen LogP contribution in [0.1, 0.15) is 16.7 Å². The summed E-state index contributed by atoms with van der Waals surface area (Å²) in [6, 6.07) is 17.5. The third-order valence-electron chi connectivity index (χ3n) is 4.04. The van der Waals surface area contributed by atoms with Crippen molar-refractivity contribution in [1.29, 1.82) is 0 Å². The Bertz CT molecular complexity index is 914. The first-order valence-corrected chi connectivity index (χ1v) is 8.93. The summed E-state index contributed by atoms with van der Waals surface area (Å²) in [6.45, 7) is 2.77. The smallest absolute Gasteiger partial charge is 0.124 e. The van der Waals surface area contributed by atoms with E-state index in [4.69, 9.17) is 27.9 Å². The Morgan fingerprint density at radius 1 is 1.00 bits per heavy atom. The topological polar surface area (TPSA) is 21.3 Å². The van der Waals surface area contributed by atoms with E-state index in [1.165, 1.54) is 12.1 Å². The molecule has 134 valence electrons. The SMILES string of the molecule is Cc1c(Cl)cccc1NCc1cc(Cl)ccc1OCc1cccc(F)c1. The van der Waals surface area contributed by atoms with Crippen molar-refractivity contribution in [3.63, 3.8) is 0 Å². The number of halogens is 3. The van der Waals surface area contributed by atoms with Crippen molar-refractivity contribution in [2.45, 2.75) is 20.1 Å². The summed E-state index contributed by atoms with van der Waals surface area (Å²) in [5.41, 5.74) is 3.62. The van der Waals surface area contributed by atoms with E-state index in [1.807, 2.05) is 43.3 Å². The van der Waals surface area contributed by atoms with Crippen LogP contribution in [0.15, 0.2) is 60.7 Å². The predicted molar refractivity (Wildman–Crippen MR) is 106 cm³/mol. The van der Waals surface area contributed by atoms with Gasteiger partial charge in [0.25, 0.3) is 0 Å². The summed E-state index contributed by atoms with van der Waals surface area (Å²) < 4.78 is 19.2. The summed E-state index contributed by atoms with van der Waals surface area (Å²) in [4.78, 5) is 0. The summed E-state index contributed by atoms with van der Waals surface area (Å²) in [5, 5.41) is 4.70. The van der Waals surface area contributed by atoms with Gasteiger partial charge < -0.3 is 10.1 Å². The molecule has 0 bridgehead atoms. The third-order valence-corrected chi connectivity index (χ3v) is 4.69. The van der Waals surface area contributed by atoms with Crippen molar-refractivity contribution in [1.82, 2.24) is 0 Å². The largest absolute Gasteiger partial charge is 0.489 e. The number of ether oxygens (including phenoxy) is 1. The normalized spacial score (nSPS) is 10.6. The molecule has 0 fully saturated rings. The molecule has 0 saturated heterocycles. The molecule has 0 aliphatic rings. The van der Waals surface area contributed by atoms with Gasteiger partial charge in [0.05, 0.1) is 0 Å². The lowest BCUT2D eigenvalue weighted by Crippen LogP contribution is -2.05. The fourth-order valence-corrected chi connectivity index (χ4v) is 2.97. The maximum atomic E-state index is 13.3. The monoisotopic (exact) mass is 389 g/mol. The predicted octanol–water partition coefficient (Wildman–Crippen LogP) is 6.63. The highest BCUT2D eigenvalue weighted by Gasteiger charge is 2.08. The molecule has 3 aromatic rings. The van der Waals surface area contributed by atoms with Gasteiger partial charge in [-0.25, -0.2) is 4.39 Å². The van der Waals surface area contributed by atoms with E-state index in [1.54, 1.807) is 12.1 Å². The number of nitrogens with one attached hydrogen (secondary N) is 1. The second-order valence-corrected chi connectivity index (χ2v) is 6.78. The van der Waals surface area contributed by atoms with Crippen LogP contribution in [0.2, 0.25) is 10.0 Å². The number of hydrogen-bond acceptors (Lipinski definition) is 2. The van der Waals surface area contributed by atoms with E-state index >= 15 is 0 Å². The van der Waals surface area contributed by atoms with Crippen molar-refractivity contribution >= 4 is 28.9 Å². The molecule has 3 aromatic carbocycles. The first-order chi connectivity index (χ1) is 12.5. The molecule has 0 aliphatic carbocycles. The van der Waals surface area contributed by atoms with E-state index in [9.17, 15) is 4.39 Å². The van der Waals surface area contributed by atoms with E-state index in [0.717, 1.165) is 22.4 Å². The maximum absolute atomic E-state index is 13.3. The van der Waals surface area contributed by atoms with Crippen molar-refractivity contribution in [2.75, 3.05) is 5.32 Å². The zero-order valence-corrected chi connectivity index (χ0v) is 15.7. The van der Waals surface area contributed by atoms with E-state index in [2.05, 4.69) is 5.32 Å². The fourth-order valence-electron chi connectivity index (χ4n) is 2.60. The summed E-state index contributed by atoms with van der Waals surface area (Å²) >= 11 is 12.3. The fraction of sp³-hybridized carbons (Fsp3) is 0.143. The van der Waals surface area contributed by atoms with Gasteiger partial charge in [-0.3, -0.25) is 0 Å². The second-order valence-electron chi connectivity index (χ2n) is 5.94. The van der Waals surface area contributed by atoms with Gasteiger partial charge in [0, 0.05) is 27.8 Å². The Hall–Kier alpha value is -2.23. The van der Waals surface area contributed by atoms with E-state index in [0.29, 0.717) is 22.3 Å². The van der Waals surface area contributed by atoms with Gasteiger partial charge in [0.15, 0.2) is 0 Å². The maximum Gasteiger partial charge on any atom is 0.124 e. The first-order valence-electron chi connectivity index (χ1n) is 8.17. The molecule has 26 heavy (non-hydrogen) atoms. The van der Waals surface area contributed by atoms with Gasteiger partial charge in [-0.15, -0.1) is 0 Å². The number of anilines is 1. The van der Waals surface area contributed by atoms with Gasteiger partial charge in [0.1, 0.15) is 18.2 Å². The molecule has 0 radical (unpaired) electrons. The zero-order chi connectivity index (χ0) is 18.5. The van der Waals surface area contributed by atoms with Crippen LogP contribution in [0.4, 0.5) is 10.1 Å². The molecule has 0 amide bonds. The molecule has 0 atom stereocenters. The average molecular weight is 390 g/mol. The Labute approximate surface area is 162 Å². The summed E-state index contributed by atoms with van der Waals surface area (Å²) in [5.74, 6) is 0.423. The molecular formula is C21H18Cl2FNO. The van der Waals surface area contributed by atoms with Gasteiger partial charge in [-0.05, 0) is 60.5 Å². The highest BCUT2D eigenvalue weighted by atomic mass is 35.5. The van der Waals surface area contributed by atoms with Gasteiger partial charge in [-0.2, -0.15) is 0 Å². The van der Waals surface area contributed by atoms with E-state index < -0.39 is 0 Å². The summed E-state index contributed by atoms with van der Waals surface area (Å²) in [6.07, 6.45) is 0. The van der Waals surface area contributed by atoms with Crippen molar-refractivity contribution in [3.8, 4) is 5.75 Å². The Morgan fingerprint density at radius 2 is 1.81 bits per heavy atom. The van der Waals surface area contributed by atoms with Crippen LogP contribution < -0.4 is 10.1 Å². The van der Waals surface area contributed by atoms with Crippen LogP contribution in [0.25, 0.3) is 0 Å². The van der Waals surface area contributed by atoms with Gasteiger partial charge in [0.2, 0.25) is 0 Å². The van der Waals surface area contributed by atoms with Crippen LogP contribution in [-0.4, -0.2) is 0 Å². The highest BCUT2D eigenvalue weighted by molar-refractivity contribution is 6.31. The van der Waals surface area contributed by atoms with Crippen LogP contribution in [0.5, 0.6) is 5.75 Å². The van der Waals surface area contributed by atoms with E-state index in [-0.39, 0.29) is 12.4 Å². The van der Waals surface area contributed by atoms with Crippen LogP contribution >= 0.6 is 23.2 Å². The number of benzene rings is 3. The Balaban J connectivity index is 1.74. The van der Waals surface area contributed by atoms with Gasteiger partial charge in [-0.1, -0.05) is 41.4 Å². The standard InChI is InChI=1S/C21H18Cl2FNO/c1-14-19(23)6-3-7-20(14)25-12-16-11-17(22)8-9-21(16)26-13-15-4-2-5-18(24)10-15/h2-11,25H,12-13H2,1H3. The lowest BCUT2D eigenvalue weighted by Gasteiger charge is -2.15. The molecule has 0 heterocycles. The quantitative estimate of drug-likeness (QED) is 0.510. The molecular weight excluding hydrogens is 372 g/mol. The summed E-state index contributed by atoms with van der Waals surface area (Å²) in [7, 11) is 0. The van der Waals surface area contributed by atoms with Crippen LogP contribution in [0, 0.1) is 12.7 Å².